The van der Waals surface area contributed by atoms with Crippen LogP contribution in [0.15, 0.2) is 24.3 Å². The number of nitrogens with one attached hydrogen (secondary N) is 1. The molecule has 0 radical (unpaired) electrons. The van der Waals surface area contributed by atoms with Gasteiger partial charge in [-0.2, -0.15) is 0 Å². The van der Waals surface area contributed by atoms with Gasteiger partial charge in [0.05, 0.1) is 25.4 Å². The van der Waals surface area contributed by atoms with Gasteiger partial charge in [0.2, 0.25) is 5.91 Å². The molecule has 0 aromatic carbocycles. The second kappa shape index (κ2) is 54.0. The molecule has 0 saturated carbocycles. The highest BCUT2D eigenvalue weighted by atomic mass is 16.5. The average Bonchev–Trinajstić information content (AvgIpc) is 3.29. The fourth-order valence-corrected chi connectivity index (χ4v) is 8.81. The Bertz CT molecular complexity index is 997. The van der Waals surface area contributed by atoms with Crippen molar-refractivity contribution in [2.75, 3.05) is 13.2 Å². The molecule has 64 heavy (non-hydrogen) atoms. The van der Waals surface area contributed by atoms with Crippen LogP contribution in [0.5, 0.6) is 0 Å². The average molecular weight is 903 g/mol. The first-order valence-electron chi connectivity index (χ1n) is 28.6. The van der Waals surface area contributed by atoms with Crippen molar-refractivity contribution in [3.05, 3.63) is 24.3 Å². The molecule has 0 bridgehead atoms. The summed E-state index contributed by atoms with van der Waals surface area (Å²) in [5.41, 5.74) is 0. The van der Waals surface area contributed by atoms with Crippen molar-refractivity contribution in [3.8, 4) is 0 Å². The van der Waals surface area contributed by atoms with E-state index in [1.807, 2.05) is 6.08 Å². The number of carbonyl (C=O) groups is 2. The van der Waals surface area contributed by atoms with Gasteiger partial charge in [-0.3, -0.25) is 9.59 Å². The summed E-state index contributed by atoms with van der Waals surface area (Å²) in [5, 5.41) is 23.0. The molecule has 0 saturated heterocycles. The van der Waals surface area contributed by atoms with E-state index in [0.717, 1.165) is 44.9 Å². The highest BCUT2D eigenvalue weighted by molar-refractivity contribution is 5.76. The van der Waals surface area contributed by atoms with Crippen LogP contribution in [0.3, 0.4) is 0 Å². The summed E-state index contributed by atoms with van der Waals surface area (Å²) in [5.74, 6) is -0.0682. The summed E-state index contributed by atoms with van der Waals surface area (Å²) in [7, 11) is 0. The fraction of sp³-hybridized carbons (Fsp3) is 0.897. The van der Waals surface area contributed by atoms with E-state index < -0.39 is 12.1 Å². The minimum absolute atomic E-state index is 0.00195. The maximum atomic E-state index is 12.4. The van der Waals surface area contributed by atoms with Gasteiger partial charge < -0.3 is 20.3 Å². The number of unbranched alkanes of at least 4 members (excludes halogenated alkanes) is 40. The molecular weight excluding hydrogens is 791 g/mol. The maximum absolute atomic E-state index is 12.4. The minimum Gasteiger partial charge on any atom is -0.466 e. The Labute approximate surface area is 399 Å². The first-order chi connectivity index (χ1) is 31.5. The van der Waals surface area contributed by atoms with Gasteiger partial charge in [0.25, 0.3) is 0 Å². The smallest absolute Gasteiger partial charge is 0.305 e. The quantitative estimate of drug-likeness (QED) is 0.0321. The Morgan fingerprint density at radius 2 is 0.734 bits per heavy atom. The third-order valence-corrected chi connectivity index (χ3v) is 13.2. The normalized spacial score (nSPS) is 12.8. The first kappa shape index (κ1) is 62.3. The summed E-state index contributed by atoms with van der Waals surface area (Å²) < 4.78 is 5.48. The standard InChI is InChI=1S/C58H111NO5/c1-3-5-7-9-11-13-15-17-24-28-32-36-40-44-48-52-58(63)64-53-49-45-41-37-33-29-26-23-21-19-18-20-22-25-27-31-35-39-43-47-51-57(62)59-55(54-60)56(61)50-46-42-38-34-30-16-14-12-10-8-6-4-2/h17,24,46,50,55-56,60-61H,3-16,18-23,25-45,47-49,51-54H2,1-2H3,(H,59,62)/b24-17-,50-46+. The Morgan fingerprint density at radius 1 is 0.422 bits per heavy atom. The van der Waals surface area contributed by atoms with Gasteiger partial charge in [0.1, 0.15) is 0 Å². The molecule has 2 atom stereocenters. The summed E-state index contributed by atoms with van der Waals surface area (Å²) in [6.07, 6.45) is 64.8. The second-order valence-corrected chi connectivity index (χ2v) is 19.6. The number of ether oxygens (including phenoxy) is 1. The van der Waals surface area contributed by atoms with Crippen molar-refractivity contribution in [3.63, 3.8) is 0 Å². The zero-order chi connectivity index (χ0) is 46.5. The number of aliphatic hydroxyl groups is 2. The fourth-order valence-electron chi connectivity index (χ4n) is 8.81. The van der Waals surface area contributed by atoms with E-state index in [4.69, 9.17) is 4.74 Å². The molecule has 378 valence electrons. The Kier molecular flexibility index (Phi) is 52.6. The lowest BCUT2D eigenvalue weighted by atomic mass is 10.0. The zero-order valence-electron chi connectivity index (χ0n) is 43.0. The third kappa shape index (κ3) is 49.8. The van der Waals surface area contributed by atoms with Crippen LogP contribution in [0.2, 0.25) is 0 Å². The van der Waals surface area contributed by atoms with Gasteiger partial charge in [0, 0.05) is 12.8 Å². The summed E-state index contributed by atoms with van der Waals surface area (Å²) in [4.78, 5) is 24.5. The predicted octanol–water partition coefficient (Wildman–Crippen LogP) is 17.5. The number of hydrogen-bond acceptors (Lipinski definition) is 5. The van der Waals surface area contributed by atoms with Crippen LogP contribution in [0.25, 0.3) is 0 Å². The lowest BCUT2D eigenvalue weighted by Crippen LogP contribution is -2.45. The monoisotopic (exact) mass is 902 g/mol. The van der Waals surface area contributed by atoms with Gasteiger partial charge >= 0.3 is 5.97 Å². The van der Waals surface area contributed by atoms with Crippen LogP contribution in [0, 0.1) is 0 Å². The molecule has 6 nitrogen and oxygen atoms in total. The highest BCUT2D eigenvalue weighted by Crippen LogP contribution is 2.17. The SMILES string of the molecule is CCCCCCCC/C=C\CCCCCCCC(=O)OCCCCCCCCCCCCCCCCCCCCCCC(=O)NC(CO)C(O)/C=C/CCCCCCCCCCCC. The highest BCUT2D eigenvalue weighted by Gasteiger charge is 2.18. The number of amides is 1. The van der Waals surface area contributed by atoms with Crippen LogP contribution in [0.4, 0.5) is 0 Å². The number of carbonyl (C=O) groups excluding carboxylic acids is 2. The molecule has 0 heterocycles. The lowest BCUT2D eigenvalue weighted by Gasteiger charge is -2.20. The van der Waals surface area contributed by atoms with E-state index in [2.05, 4.69) is 31.3 Å². The van der Waals surface area contributed by atoms with Gasteiger partial charge in [-0.25, -0.2) is 0 Å². The van der Waals surface area contributed by atoms with Crippen LogP contribution < -0.4 is 5.32 Å². The third-order valence-electron chi connectivity index (χ3n) is 13.2. The molecule has 0 rings (SSSR count). The minimum atomic E-state index is -0.844. The molecule has 0 aromatic heterocycles. The van der Waals surface area contributed by atoms with Crippen LogP contribution >= 0.6 is 0 Å². The van der Waals surface area contributed by atoms with E-state index in [1.165, 1.54) is 238 Å². The lowest BCUT2D eigenvalue weighted by molar-refractivity contribution is -0.143. The number of aliphatic hydroxyl groups excluding tert-OH is 2. The van der Waals surface area contributed by atoms with Crippen molar-refractivity contribution in [1.29, 1.82) is 0 Å². The summed E-state index contributed by atoms with van der Waals surface area (Å²) >= 11 is 0. The molecule has 0 aliphatic heterocycles. The summed E-state index contributed by atoms with van der Waals surface area (Å²) in [6.45, 7) is 4.89. The van der Waals surface area contributed by atoms with Gasteiger partial charge in [-0.05, 0) is 57.8 Å². The molecule has 0 aliphatic carbocycles. The van der Waals surface area contributed by atoms with Crippen molar-refractivity contribution in [2.24, 2.45) is 0 Å². The molecule has 0 fully saturated rings. The first-order valence-corrected chi connectivity index (χ1v) is 28.6. The molecule has 0 spiro atoms. The van der Waals surface area contributed by atoms with Crippen molar-refractivity contribution in [2.45, 2.75) is 321 Å². The molecule has 3 N–H and O–H groups in total. The van der Waals surface area contributed by atoms with Crippen LogP contribution in [-0.2, 0) is 14.3 Å². The van der Waals surface area contributed by atoms with Gasteiger partial charge in [-0.15, -0.1) is 0 Å². The van der Waals surface area contributed by atoms with E-state index in [-0.39, 0.29) is 18.5 Å². The van der Waals surface area contributed by atoms with Crippen LogP contribution in [0.1, 0.15) is 309 Å². The van der Waals surface area contributed by atoms with E-state index in [1.54, 1.807) is 6.08 Å². The molecule has 6 heteroatoms. The second-order valence-electron chi connectivity index (χ2n) is 19.6. The largest absolute Gasteiger partial charge is 0.466 e. The van der Waals surface area contributed by atoms with Crippen molar-refractivity contribution >= 4 is 11.9 Å². The van der Waals surface area contributed by atoms with Gasteiger partial charge in [0.15, 0.2) is 0 Å². The summed E-state index contributed by atoms with van der Waals surface area (Å²) in [6, 6.07) is -0.628. The molecule has 0 aliphatic rings. The van der Waals surface area contributed by atoms with Crippen molar-refractivity contribution < 1.29 is 24.5 Å². The number of esters is 1. The number of allylic oxidation sites excluding steroid dienone is 3. The Balaban J connectivity index is 3.40. The Hall–Kier alpha value is -1.66. The molecule has 1 amide bonds. The number of hydrogen-bond donors (Lipinski definition) is 3. The van der Waals surface area contributed by atoms with E-state index >= 15 is 0 Å². The van der Waals surface area contributed by atoms with E-state index in [0.29, 0.717) is 19.4 Å². The zero-order valence-corrected chi connectivity index (χ0v) is 43.0. The molecule has 0 aromatic rings. The maximum Gasteiger partial charge on any atom is 0.305 e. The molecular formula is C58H111NO5. The molecule has 2 unspecified atom stereocenters. The van der Waals surface area contributed by atoms with Gasteiger partial charge in [-0.1, -0.05) is 263 Å². The number of rotatable bonds is 53. The Morgan fingerprint density at radius 3 is 1.11 bits per heavy atom. The van der Waals surface area contributed by atoms with Crippen molar-refractivity contribution in [1.82, 2.24) is 5.32 Å². The van der Waals surface area contributed by atoms with E-state index in [9.17, 15) is 19.8 Å². The predicted molar refractivity (Wildman–Crippen MR) is 278 cm³/mol. The topological polar surface area (TPSA) is 95.9 Å². The van der Waals surface area contributed by atoms with Crippen LogP contribution in [-0.4, -0.2) is 47.4 Å².